The molecular formula is C10H13NO. The lowest BCUT2D eigenvalue weighted by Crippen LogP contribution is -2.26. The second-order valence-corrected chi connectivity index (χ2v) is 3.07. The summed E-state index contributed by atoms with van der Waals surface area (Å²) in [5.74, 6) is 2.49. The van der Waals surface area contributed by atoms with Crippen molar-refractivity contribution in [3.8, 4) is 18.4 Å². The number of ether oxygens (including phenoxy) is 1. The van der Waals surface area contributed by atoms with E-state index in [-0.39, 0.29) is 12.0 Å². The highest BCUT2D eigenvalue weighted by molar-refractivity contribution is 4.93. The third-order valence-corrected chi connectivity index (χ3v) is 2.25. The van der Waals surface area contributed by atoms with Crippen LogP contribution in [0.15, 0.2) is 0 Å². The monoisotopic (exact) mass is 163 g/mol. The average molecular weight is 163 g/mol. The van der Waals surface area contributed by atoms with Crippen molar-refractivity contribution >= 4 is 0 Å². The lowest BCUT2D eigenvalue weighted by molar-refractivity contribution is 0.0250. The summed E-state index contributed by atoms with van der Waals surface area (Å²) in [6.07, 6.45) is 9.41. The third-order valence-electron chi connectivity index (χ3n) is 2.25. The zero-order valence-electron chi connectivity index (χ0n) is 7.12. The molecule has 1 aliphatic rings. The third kappa shape index (κ3) is 2.26. The highest BCUT2D eigenvalue weighted by Gasteiger charge is 2.24. The molecule has 0 bridgehead atoms. The van der Waals surface area contributed by atoms with E-state index in [1.54, 1.807) is 0 Å². The van der Waals surface area contributed by atoms with Crippen molar-refractivity contribution in [1.82, 2.24) is 0 Å². The molecule has 0 heterocycles. The summed E-state index contributed by atoms with van der Waals surface area (Å²) in [5.41, 5.74) is 0. The van der Waals surface area contributed by atoms with E-state index in [9.17, 15) is 0 Å². The van der Waals surface area contributed by atoms with Gasteiger partial charge in [0.15, 0.2) is 0 Å². The Labute approximate surface area is 73.5 Å². The predicted molar refractivity (Wildman–Crippen MR) is 46.1 cm³/mol. The lowest BCUT2D eigenvalue weighted by atomic mass is 9.87. The lowest BCUT2D eigenvalue weighted by Gasteiger charge is -2.25. The van der Waals surface area contributed by atoms with Gasteiger partial charge in [0.25, 0.3) is 0 Å². The number of terminal acetylenes is 1. The smallest absolute Gasteiger partial charge is 0.107 e. The molecule has 0 aromatic heterocycles. The molecule has 0 aromatic carbocycles. The van der Waals surface area contributed by atoms with Crippen LogP contribution in [0.2, 0.25) is 0 Å². The van der Waals surface area contributed by atoms with E-state index in [2.05, 4.69) is 12.0 Å². The molecule has 0 aliphatic heterocycles. The van der Waals surface area contributed by atoms with E-state index in [4.69, 9.17) is 16.4 Å². The van der Waals surface area contributed by atoms with Crippen molar-refractivity contribution < 1.29 is 4.74 Å². The first-order valence-corrected chi connectivity index (χ1v) is 4.33. The Morgan fingerprint density at radius 3 is 2.83 bits per heavy atom. The van der Waals surface area contributed by atoms with Crippen molar-refractivity contribution in [3.63, 3.8) is 0 Å². The van der Waals surface area contributed by atoms with Gasteiger partial charge >= 0.3 is 0 Å². The normalized spacial score (nSPS) is 28.8. The molecule has 0 N–H and O–H groups in total. The van der Waals surface area contributed by atoms with Gasteiger partial charge in [0.05, 0.1) is 18.1 Å². The molecule has 1 saturated carbocycles. The minimum absolute atomic E-state index is 0.0621. The summed E-state index contributed by atoms with van der Waals surface area (Å²) >= 11 is 0. The van der Waals surface area contributed by atoms with Crippen LogP contribution >= 0.6 is 0 Å². The van der Waals surface area contributed by atoms with Crippen molar-refractivity contribution in [1.29, 1.82) is 5.26 Å². The van der Waals surface area contributed by atoms with Gasteiger partial charge in [-0.05, 0) is 12.8 Å². The fraction of sp³-hybridized carbons (Fsp3) is 0.700. The Kier molecular flexibility index (Phi) is 3.64. The molecule has 1 rings (SSSR count). The first-order valence-electron chi connectivity index (χ1n) is 4.33. The second-order valence-electron chi connectivity index (χ2n) is 3.07. The molecule has 2 unspecified atom stereocenters. The van der Waals surface area contributed by atoms with Gasteiger partial charge in [-0.25, -0.2) is 0 Å². The summed E-state index contributed by atoms with van der Waals surface area (Å²) in [6, 6.07) is 2.27. The Hall–Kier alpha value is -0.990. The Bertz CT molecular complexity index is 211. The SMILES string of the molecule is C#CCOC1CCCCC1C#N. The van der Waals surface area contributed by atoms with Gasteiger partial charge in [-0.3, -0.25) is 0 Å². The van der Waals surface area contributed by atoms with E-state index in [0.29, 0.717) is 6.61 Å². The molecule has 0 saturated heterocycles. The van der Waals surface area contributed by atoms with Gasteiger partial charge < -0.3 is 4.74 Å². The summed E-state index contributed by atoms with van der Waals surface area (Å²) in [4.78, 5) is 0. The zero-order chi connectivity index (χ0) is 8.81. The number of hydrogen-bond acceptors (Lipinski definition) is 2. The Morgan fingerprint density at radius 1 is 1.42 bits per heavy atom. The number of rotatable bonds is 2. The summed E-state index contributed by atoms with van der Waals surface area (Å²) in [7, 11) is 0. The topological polar surface area (TPSA) is 33.0 Å². The predicted octanol–water partition coefficient (Wildman–Crippen LogP) is 1.72. The van der Waals surface area contributed by atoms with Gasteiger partial charge in [-0.1, -0.05) is 18.8 Å². The number of nitriles is 1. The van der Waals surface area contributed by atoms with Crippen LogP contribution in [0, 0.1) is 29.6 Å². The average Bonchev–Trinajstić information content (AvgIpc) is 2.15. The van der Waals surface area contributed by atoms with Crippen LogP contribution in [0.3, 0.4) is 0 Å². The van der Waals surface area contributed by atoms with E-state index in [0.717, 1.165) is 25.7 Å². The van der Waals surface area contributed by atoms with Crippen LogP contribution in [0.25, 0.3) is 0 Å². The molecular weight excluding hydrogens is 150 g/mol. The van der Waals surface area contributed by atoms with Crippen molar-refractivity contribution in [2.24, 2.45) is 5.92 Å². The Morgan fingerprint density at radius 2 is 2.17 bits per heavy atom. The largest absolute Gasteiger partial charge is 0.364 e. The van der Waals surface area contributed by atoms with Crippen LogP contribution < -0.4 is 0 Å². The first-order chi connectivity index (χ1) is 5.88. The van der Waals surface area contributed by atoms with Gasteiger partial charge in [0.2, 0.25) is 0 Å². The van der Waals surface area contributed by atoms with Crippen molar-refractivity contribution in [2.45, 2.75) is 31.8 Å². The van der Waals surface area contributed by atoms with Gasteiger partial charge in [0, 0.05) is 0 Å². The number of hydrogen-bond donors (Lipinski definition) is 0. The quantitative estimate of drug-likeness (QED) is 0.581. The Balaban J connectivity index is 2.38. The van der Waals surface area contributed by atoms with Crippen molar-refractivity contribution in [3.05, 3.63) is 0 Å². The molecule has 1 aliphatic carbocycles. The van der Waals surface area contributed by atoms with E-state index in [1.807, 2.05) is 0 Å². The fourth-order valence-electron chi connectivity index (χ4n) is 1.60. The van der Waals surface area contributed by atoms with Gasteiger partial charge in [-0.15, -0.1) is 6.42 Å². The molecule has 64 valence electrons. The molecule has 0 radical (unpaired) electrons. The fourth-order valence-corrected chi connectivity index (χ4v) is 1.60. The molecule has 2 atom stereocenters. The van der Waals surface area contributed by atoms with Crippen LogP contribution in [0.1, 0.15) is 25.7 Å². The minimum Gasteiger partial charge on any atom is -0.364 e. The van der Waals surface area contributed by atoms with Crippen LogP contribution in [-0.4, -0.2) is 12.7 Å². The van der Waals surface area contributed by atoms with E-state index in [1.165, 1.54) is 0 Å². The zero-order valence-corrected chi connectivity index (χ0v) is 7.12. The molecule has 0 spiro atoms. The highest BCUT2D eigenvalue weighted by Crippen LogP contribution is 2.25. The molecule has 0 aromatic rings. The molecule has 1 fully saturated rings. The van der Waals surface area contributed by atoms with Crippen molar-refractivity contribution in [2.75, 3.05) is 6.61 Å². The summed E-state index contributed by atoms with van der Waals surface area (Å²) in [5, 5.41) is 8.78. The maximum atomic E-state index is 8.78. The molecule has 12 heavy (non-hydrogen) atoms. The van der Waals surface area contributed by atoms with E-state index >= 15 is 0 Å². The number of nitrogens with zero attached hydrogens (tertiary/aromatic N) is 1. The summed E-state index contributed by atoms with van der Waals surface area (Å²) in [6.45, 7) is 0.336. The van der Waals surface area contributed by atoms with Crippen LogP contribution in [0.5, 0.6) is 0 Å². The standard InChI is InChI=1S/C10H13NO/c1-2-7-12-10-6-4-3-5-9(10)8-11/h1,9-10H,3-7H2. The molecule has 0 amide bonds. The molecule has 2 heteroatoms. The molecule has 2 nitrogen and oxygen atoms in total. The maximum Gasteiger partial charge on any atom is 0.107 e. The highest BCUT2D eigenvalue weighted by atomic mass is 16.5. The van der Waals surface area contributed by atoms with Gasteiger partial charge in [0.1, 0.15) is 6.61 Å². The first kappa shape index (κ1) is 9.10. The van der Waals surface area contributed by atoms with Gasteiger partial charge in [-0.2, -0.15) is 5.26 Å². The van der Waals surface area contributed by atoms with Crippen LogP contribution in [-0.2, 0) is 4.74 Å². The second kappa shape index (κ2) is 4.80. The van der Waals surface area contributed by atoms with E-state index < -0.39 is 0 Å². The minimum atomic E-state index is 0.0621. The summed E-state index contributed by atoms with van der Waals surface area (Å²) < 4.78 is 5.38. The van der Waals surface area contributed by atoms with Crippen LogP contribution in [0.4, 0.5) is 0 Å². The maximum absolute atomic E-state index is 8.78.